The van der Waals surface area contributed by atoms with Gasteiger partial charge in [-0.2, -0.15) is 0 Å². The fourth-order valence-electron chi connectivity index (χ4n) is 2.48. The molecule has 1 unspecified atom stereocenters. The van der Waals surface area contributed by atoms with Gasteiger partial charge in [0.05, 0.1) is 18.4 Å². The van der Waals surface area contributed by atoms with Crippen LogP contribution in [-0.4, -0.2) is 35.0 Å². The Bertz CT molecular complexity index is 524. The van der Waals surface area contributed by atoms with E-state index in [1.54, 1.807) is 12.7 Å². The molecule has 1 aromatic carbocycles. The van der Waals surface area contributed by atoms with E-state index in [4.69, 9.17) is 4.74 Å². The van der Waals surface area contributed by atoms with Crippen molar-refractivity contribution in [3.8, 4) is 5.69 Å². The zero-order chi connectivity index (χ0) is 12.4. The number of hydrogen-bond donors (Lipinski definition) is 1. The molecule has 2 heterocycles. The average Bonchev–Trinajstić information content (AvgIpc) is 2.93. The monoisotopic (exact) mass is 244 g/mol. The van der Waals surface area contributed by atoms with Gasteiger partial charge in [-0.1, -0.05) is 12.1 Å². The van der Waals surface area contributed by atoms with Crippen LogP contribution in [0.15, 0.2) is 30.9 Å². The molecule has 0 saturated heterocycles. The minimum absolute atomic E-state index is 0.134. The first kappa shape index (κ1) is 11.4. The van der Waals surface area contributed by atoms with Crippen LogP contribution in [0.3, 0.4) is 0 Å². The molecule has 0 amide bonds. The summed E-state index contributed by atoms with van der Waals surface area (Å²) in [6, 6.07) is 6.31. The molecule has 5 heteroatoms. The van der Waals surface area contributed by atoms with Crippen molar-refractivity contribution < 1.29 is 4.74 Å². The van der Waals surface area contributed by atoms with Crippen LogP contribution < -0.4 is 5.32 Å². The molecule has 0 bridgehead atoms. The molecule has 3 rings (SSSR count). The number of benzene rings is 1. The molecule has 0 saturated carbocycles. The standard InChI is InChI=1S/C13H16N4O/c1-14-7-13-11-3-2-4-12(10(11)5-6-18-13)17-8-15-16-9-17/h2-4,8-9,13-14H,5-7H2,1H3. The first-order chi connectivity index (χ1) is 8.90. The minimum Gasteiger partial charge on any atom is -0.372 e. The molecule has 5 nitrogen and oxygen atoms in total. The Morgan fingerprint density at radius 2 is 2.22 bits per heavy atom. The van der Waals surface area contributed by atoms with Crippen molar-refractivity contribution in [1.82, 2.24) is 20.1 Å². The number of likely N-dealkylation sites (N-methyl/N-ethyl adjacent to an activating group) is 1. The lowest BCUT2D eigenvalue weighted by molar-refractivity contribution is 0.0438. The summed E-state index contributed by atoms with van der Waals surface area (Å²) in [5.41, 5.74) is 3.76. The smallest absolute Gasteiger partial charge is 0.123 e. The zero-order valence-electron chi connectivity index (χ0n) is 10.3. The molecule has 1 aromatic heterocycles. The summed E-state index contributed by atoms with van der Waals surface area (Å²) in [6.07, 6.45) is 4.54. The Morgan fingerprint density at radius 3 is 3.00 bits per heavy atom. The summed E-state index contributed by atoms with van der Waals surface area (Å²) >= 11 is 0. The van der Waals surface area contributed by atoms with Gasteiger partial charge >= 0.3 is 0 Å². The molecule has 0 aliphatic carbocycles. The average molecular weight is 244 g/mol. The Hall–Kier alpha value is -1.72. The fraction of sp³-hybridized carbons (Fsp3) is 0.385. The van der Waals surface area contributed by atoms with Crippen molar-refractivity contribution >= 4 is 0 Å². The second-order valence-corrected chi connectivity index (χ2v) is 4.38. The van der Waals surface area contributed by atoms with E-state index in [-0.39, 0.29) is 6.10 Å². The van der Waals surface area contributed by atoms with E-state index in [1.165, 1.54) is 11.1 Å². The van der Waals surface area contributed by atoms with E-state index in [0.29, 0.717) is 0 Å². The maximum Gasteiger partial charge on any atom is 0.123 e. The van der Waals surface area contributed by atoms with E-state index in [2.05, 4.69) is 33.7 Å². The summed E-state index contributed by atoms with van der Waals surface area (Å²) in [6.45, 7) is 1.59. The fourth-order valence-corrected chi connectivity index (χ4v) is 2.48. The number of rotatable bonds is 3. The third-order valence-electron chi connectivity index (χ3n) is 3.29. The van der Waals surface area contributed by atoms with Crippen LogP contribution in [0.25, 0.3) is 5.69 Å². The molecule has 1 aliphatic rings. The zero-order valence-corrected chi connectivity index (χ0v) is 10.3. The number of hydrogen-bond acceptors (Lipinski definition) is 4. The second kappa shape index (κ2) is 4.88. The van der Waals surface area contributed by atoms with Gasteiger partial charge in [-0.25, -0.2) is 0 Å². The predicted octanol–water partition coefficient (Wildman–Crippen LogP) is 1.10. The molecule has 0 spiro atoms. The van der Waals surface area contributed by atoms with Gasteiger partial charge in [0.2, 0.25) is 0 Å². The van der Waals surface area contributed by atoms with Gasteiger partial charge in [-0.3, -0.25) is 4.57 Å². The maximum atomic E-state index is 5.81. The van der Waals surface area contributed by atoms with Crippen molar-refractivity contribution in [2.75, 3.05) is 20.2 Å². The lowest BCUT2D eigenvalue weighted by Crippen LogP contribution is -2.26. The third-order valence-corrected chi connectivity index (χ3v) is 3.29. The van der Waals surface area contributed by atoms with Crippen LogP contribution in [0, 0.1) is 0 Å². The highest BCUT2D eigenvalue weighted by Crippen LogP contribution is 2.30. The second-order valence-electron chi connectivity index (χ2n) is 4.38. The predicted molar refractivity (Wildman–Crippen MR) is 67.7 cm³/mol. The summed E-state index contributed by atoms with van der Waals surface area (Å²) in [7, 11) is 1.95. The van der Waals surface area contributed by atoms with Gasteiger partial charge in [0.1, 0.15) is 12.7 Å². The molecule has 1 aliphatic heterocycles. The highest BCUT2D eigenvalue weighted by Gasteiger charge is 2.22. The molecule has 1 N–H and O–H groups in total. The number of fused-ring (bicyclic) bond motifs is 1. The SMILES string of the molecule is CNCC1OCCc2c1cccc2-n1cnnc1. The van der Waals surface area contributed by atoms with Crippen LogP contribution in [0.2, 0.25) is 0 Å². The van der Waals surface area contributed by atoms with Crippen LogP contribution in [0.4, 0.5) is 0 Å². The lowest BCUT2D eigenvalue weighted by atomic mass is 9.95. The molecular weight excluding hydrogens is 228 g/mol. The molecule has 18 heavy (non-hydrogen) atoms. The first-order valence-electron chi connectivity index (χ1n) is 6.13. The van der Waals surface area contributed by atoms with Crippen LogP contribution in [0.5, 0.6) is 0 Å². The Kier molecular flexibility index (Phi) is 3.08. The highest BCUT2D eigenvalue weighted by atomic mass is 16.5. The van der Waals surface area contributed by atoms with Crippen molar-refractivity contribution in [3.63, 3.8) is 0 Å². The quantitative estimate of drug-likeness (QED) is 0.878. The van der Waals surface area contributed by atoms with Crippen molar-refractivity contribution in [2.24, 2.45) is 0 Å². The van der Waals surface area contributed by atoms with Crippen molar-refractivity contribution in [1.29, 1.82) is 0 Å². The molecule has 94 valence electrons. The summed E-state index contributed by atoms with van der Waals surface area (Å²) < 4.78 is 7.77. The van der Waals surface area contributed by atoms with Gasteiger partial charge in [0.15, 0.2) is 0 Å². The van der Waals surface area contributed by atoms with Crippen molar-refractivity contribution in [3.05, 3.63) is 42.0 Å². The van der Waals surface area contributed by atoms with Crippen LogP contribution >= 0.6 is 0 Å². The Balaban J connectivity index is 2.06. The van der Waals surface area contributed by atoms with E-state index in [9.17, 15) is 0 Å². The first-order valence-corrected chi connectivity index (χ1v) is 6.13. The molecule has 0 fully saturated rings. The molecular formula is C13H16N4O. The van der Waals surface area contributed by atoms with Gasteiger partial charge in [0.25, 0.3) is 0 Å². The molecule has 2 aromatic rings. The van der Waals surface area contributed by atoms with E-state index >= 15 is 0 Å². The van der Waals surface area contributed by atoms with Gasteiger partial charge in [-0.15, -0.1) is 10.2 Å². The number of aromatic nitrogens is 3. The summed E-state index contributed by atoms with van der Waals surface area (Å²) in [5.74, 6) is 0. The van der Waals surface area contributed by atoms with E-state index < -0.39 is 0 Å². The maximum absolute atomic E-state index is 5.81. The Labute approximate surface area is 106 Å². The largest absolute Gasteiger partial charge is 0.372 e. The van der Waals surface area contributed by atoms with E-state index in [1.807, 2.05) is 11.6 Å². The third kappa shape index (κ3) is 1.91. The van der Waals surface area contributed by atoms with Gasteiger partial charge < -0.3 is 10.1 Å². The molecule has 1 atom stereocenters. The normalized spacial score (nSPS) is 18.6. The van der Waals surface area contributed by atoms with Gasteiger partial charge in [0, 0.05) is 6.54 Å². The minimum atomic E-state index is 0.134. The molecule has 0 radical (unpaired) electrons. The number of ether oxygens (including phenoxy) is 1. The summed E-state index contributed by atoms with van der Waals surface area (Å²) in [5, 5.41) is 10.9. The van der Waals surface area contributed by atoms with Crippen LogP contribution in [0.1, 0.15) is 17.2 Å². The number of nitrogens with one attached hydrogen (secondary N) is 1. The van der Waals surface area contributed by atoms with Crippen LogP contribution in [-0.2, 0) is 11.2 Å². The van der Waals surface area contributed by atoms with Gasteiger partial charge in [-0.05, 0) is 30.7 Å². The Morgan fingerprint density at radius 1 is 1.39 bits per heavy atom. The van der Waals surface area contributed by atoms with E-state index in [0.717, 1.165) is 25.3 Å². The summed E-state index contributed by atoms with van der Waals surface area (Å²) in [4.78, 5) is 0. The highest BCUT2D eigenvalue weighted by molar-refractivity contribution is 5.47. The topological polar surface area (TPSA) is 52.0 Å². The van der Waals surface area contributed by atoms with Crippen molar-refractivity contribution in [2.45, 2.75) is 12.5 Å². The lowest BCUT2D eigenvalue weighted by Gasteiger charge is -2.27. The number of nitrogens with zero attached hydrogens (tertiary/aromatic N) is 3.